The monoisotopic (exact) mass is 357 g/mol. The Bertz CT molecular complexity index is 698. The molecule has 1 amide bonds. The number of benzene rings is 1. The second-order valence-corrected chi connectivity index (χ2v) is 7.88. The van der Waals surface area contributed by atoms with Gasteiger partial charge in [-0.1, -0.05) is 12.1 Å². The number of piperidine rings is 1. The molecular weight excluding hydrogens is 337 g/mol. The topological polar surface area (TPSA) is 87.7 Å². The lowest BCUT2D eigenvalue weighted by Gasteiger charge is -2.31. The summed E-state index contributed by atoms with van der Waals surface area (Å²) < 4.78 is 40.1. The Morgan fingerprint density at radius 2 is 2.00 bits per heavy atom. The number of nitrogens with one attached hydrogen (secondary N) is 2. The normalized spacial score (nSPS) is 23.3. The van der Waals surface area contributed by atoms with Crippen LogP contribution in [0, 0.1) is 11.7 Å². The summed E-state index contributed by atoms with van der Waals surface area (Å²) in [5.74, 6) is -1.08. The molecule has 9 heteroatoms. The smallest absolute Gasteiger partial charge is 0.245 e. The summed E-state index contributed by atoms with van der Waals surface area (Å²) >= 11 is 0. The highest BCUT2D eigenvalue weighted by Crippen LogP contribution is 2.25. The number of hydrogen-bond acceptors (Lipinski definition) is 5. The zero-order chi connectivity index (χ0) is 17.2. The summed E-state index contributed by atoms with van der Waals surface area (Å²) in [6.45, 7) is 1.39. The number of carbonyl (C=O) groups is 1. The molecule has 2 heterocycles. The molecule has 2 fully saturated rings. The van der Waals surface area contributed by atoms with Crippen LogP contribution in [0.1, 0.15) is 12.8 Å². The van der Waals surface area contributed by atoms with Crippen LogP contribution in [-0.2, 0) is 19.7 Å². The molecule has 7 nitrogen and oxygen atoms in total. The Morgan fingerprint density at radius 3 is 2.62 bits per heavy atom. The summed E-state index contributed by atoms with van der Waals surface area (Å²) in [6, 6.07) is 5.28. The zero-order valence-electron chi connectivity index (χ0n) is 13.1. The van der Waals surface area contributed by atoms with Crippen molar-refractivity contribution in [1.82, 2.24) is 15.1 Å². The number of carbonyl (C=O) groups excluding carboxylic acids is 1. The Hall–Kier alpha value is -1.55. The molecule has 24 heavy (non-hydrogen) atoms. The lowest BCUT2D eigenvalue weighted by atomic mass is 9.97. The predicted molar refractivity (Wildman–Crippen MR) is 83.8 cm³/mol. The molecule has 0 bridgehead atoms. The number of amides is 1. The van der Waals surface area contributed by atoms with Gasteiger partial charge in [-0.2, -0.15) is 4.31 Å². The summed E-state index contributed by atoms with van der Waals surface area (Å²) in [5.41, 5.74) is 2.69. The van der Waals surface area contributed by atoms with Crippen molar-refractivity contribution in [2.75, 3.05) is 26.2 Å². The molecule has 2 N–H and O–H groups in total. The van der Waals surface area contributed by atoms with Crippen molar-refractivity contribution in [2.45, 2.75) is 23.8 Å². The van der Waals surface area contributed by atoms with Gasteiger partial charge in [0, 0.05) is 25.6 Å². The molecule has 2 aliphatic heterocycles. The minimum atomic E-state index is -3.87. The third-order valence-corrected chi connectivity index (χ3v) is 6.27. The van der Waals surface area contributed by atoms with E-state index in [1.54, 1.807) is 0 Å². The molecule has 0 aliphatic carbocycles. The summed E-state index contributed by atoms with van der Waals surface area (Å²) in [5, 5.41) is 2.89. The first kappa shape index (κ1) is 17.3. The molecule has 0 aromatic heterocycles. The van der Waals surface area contributed by atoms with Crippen molar-refractivity contribution in [1.29, 1.82) is 0 Å². The first-order chi connectivity index (χ1) is 11.5. The van der Waals surface area contributed by atoms with Gasteiger partial charge in [0.05, 0.1) is 12.6 Å². The molecular formula is C15H20FN3O4S. The van der Waals surface area contributed by atoms with Gasteiger partial charge in [0.25, 0.3) is 0 Å². The molecule has 0 saturated carbocycles. The standard InChI is InChI=1S/C15H20FN3O4S/c16-13-3-1-2-4-14(13)24(21,22)19-7-5-11(6-8-19)15(20)18-12-9-17-23-10-12/h1-4,11-12,17H,5-10H2,(H,18,20). The highest BCUT2D eigenvalue weighted by Gasteiger charge is 2.34. The van der Waals surface area contributed by atoms with Crippen molar-refractivity contribution >= 4 is 15.9 Å². The third-order valence-electron chi connectivity index (χ3n) is 4.34. The second-order valence-electron chi connectivity index (χ2n) is 5.97. The number of rotatable bonds is 4. The van der Waals surface area contributed by atoms with E-state index >= 15 is 0 Å². The van der Waals surface area contributed by atoms with E-state index in [4.69, 9.17) is 4.84 Å². The first-order valence-corrected chi connectivity index (χ1v) is 9.32. The van der Waals surface area contributed by atoms with Crippen molar-refractivity contribution in [3.05, 3.63) is 30.1 Å². The van der Waals surface area contributed by atoms with Gasteiger partial charge in [-0.3, -0.25) is 9.63 Å². The maximum atomic E-state index is 13.8. The van der Waals surface area contributed by atoms with Gasteiger partial charge >= 0.3 is 0 Å². The Morgan fingerprint density at radius 1 is 1.29 bits per heavy atom. The van der Waals surface area contributed by atoms with Crippen LogP contribution in [0.3, 0.4) is 0 Å². The van der Waals surface area contributed by atoms with E-state index in [0.29, 0.717) is 26.0 Å². The minimum absolute atomic E-state index is 0.0577. The quantitative estimate of drug-likeness (QED) is 0.806. The summed E-state index contributed by atoms with van der Waals surface area (Å²) in [4.78, 5) is 16.9. The maximum Gasteiger partial charge on any atom is 0.245 e. The van der Waals surface area contributed by atoms with E-state index in [-0.39, 0.29) is 35.9 Å². The molecule has 0 radical (unpaired) electrons. The molecule has 1 unspecified atom stereocenters. The Labute approximate surface area is 140 Å². The van der Waals surface area contributed by atoms with Crippen LogP contribution in [0.5, 0.6) is 0 Å². The van der Waals surface area contributed by atoms with Crippen LogP contribution in [-0.4, -0.2) is 50.9 Å². The highest BCUT2D eigenvalue weighted by atomic mass is 32.2. The van der Waals surface area contributed by atoms with Crippen LogP contribution in [0.15, 0.2) is 29.2 Å². The van der Waals surface area contributed by atoms with Crippen LogP contribution in [0.4, 0.5) is 4.39 Å². The Kier molecular flexibility index (Phi) is 5.14. The lowest BCUT2D eigenvalue weighted by molar-refractivity contribution is -0.126. The number of hydroxylamine groups is 1. The number of sulfonamides is 1. The minimum Gasteiger partial charge on any atom is -0.349 e. The number of halogens is 1. The largest absolute Gasteiger partial charge is 0.349 e. The van der Waals surface area contributed by atoms with E-state index < -0.39 is 15.8 Å². The van der Waals surface area contributed by atoms with E-state index in [9.17, 15) is 17.6 Å². The van der Waals surface area contributed by atoms with Crippen LogP contribution < -0.4 is 10.8 Å². The predicted octanol–water partition coefficient (Wildman–Crippen LogP) is 0.246. The van der Waals surface area contributed by atoms with E-state index in [0.717, 1.165) is 6.07 Å². The highest BCUT2D eigenvalue weighted by molar-refractivity contribution is 7.89. The zero-order valence-corrected chi connectivity index (χ0v) is 13.9. The number of hydrogen-bond donors (Lipinski definition) is 2. The molecule has 132 valence electrons. The van der Waals surface area contributed by atoms with Crippen LogP contribution in [0.2, 0.25) is 0 Å². The fourth-order valence-corrected chi connectivity index (χ4v) is 4.48. The number of nitrogens with zero attached hydrogens (tertiary/aromatic N) is 1. The van der Waals surface area contributed by atoms with Crippen LogP contribution >= 0.6 is 0 Å². The fourth-order valence-electron chi connectivity index (χ4n) is 2.94. The van der Waals surface area contributed by atoms with Crippen molar-refractivity contribution in [3.8, 4) is 0 Å². The van der Waals surface area contributed by atoms with Crippen molar-refractivity contribution in [2.24, 2.45) is 5.92 Å². The average molecular weight is 357 g/mol. The summed E-state index contributed by atoms with van der Waals surface area (Å²) in [6.07, 6.45) is 0.834. The maximum absolute atomic E-state index is 13.8. The molecule has 1 aromatic carbocycles. The fraction of sp³-hybridized carbons (Fsp3) is 0.533. The SMILES string of the molecule is O=C(NC1CNOC1)C1CCN(S(=O)(=O)c2ccccc2F)CC1. The molecule has 0 spiro atoms. The molecule has 1 aromatic rings. The lowest BCUT2D eigenvalue weighted by Crippen LogP contribution is -2.46. The van der Waals surface area contributed by atoms with Gasteiger partial charge < -0.3 is 5.32 Å². The summed E-state index contributed by atoms with van der Waals surface area (Å²) in [7, 11) is -3.87. The average Bonchev–Trinajstić information content (AvgIpc) is 3.08. The van der Waals surface area contributed by atoms with Gasteiger partial charge in [-0.25, -0.2) is 18.3 Å². The molecule has 3 rings (SSSR count). The molecule has 2 saturated heterocycles. The van der Waals surface area contributed by atoms with Crippen molar-refractivity contribution < 1.29 is 22.4 Å². The van der Waals surface area contributed by atoms with E-state index in [2.05, 4.69) is 10.8 Å². The van der Waals surface area contributed by atoms with Gasteiger partial charge in [-0.05, 0) is 25.0 Å². The van der Waals surface area contributed by atoms with Crippen LogP contribution in [0.25, 0.3) is 0 Å². The first-order valence-electron chi connectivity index (χ1n) is 7.88. The van der Waals surface area contributed by atoms with Gasteiger partial charge in [0.1, 0.15) is 10.7 Å². The molecule has 1 atom stereocenters. The Balaban J connectivity index is 1.60. The van der Waals surface area contributed by atoms with Crippen molar-refractivity contribution in [3.63, 3.8) is 0 Å². The van der Waals surface area contributed by atoms with Gasteiger partial charge in [0.2, 0.25) is 15.9 Å². The molecule has 2 aliphatic rings. The second kappa shape index (κ2) is 7.14. The van der Waals surface area contributed by atoms with E-state index in [1.807, 2.05) is 0 Å². The third kappa shape index (κ3) is 3.59. The van der Waals surface area contributed by atoms with E-state index in [1.165, 1.54) is 22.5 Å². The van der Waals surface area contributed by atoms with Gasteiger partial charge in [-0.15, -0.1) is 0 Å². The van der Waals surface area contributed by atoms with Gasteiger partial charge in [0.15, 0.2) is 0 Å².